The van der Waals surface area contributed by atoms with Crippen molar-refractivity contribution >= 4 is 34.2 Å². The average molecular weight is 372 g/mol. The third-order valence-electron chi connectivity index (χ3n) is 4.29. The third-order valence-corrected chi connectivity index (χ3v) is 5.18. The van der Waals surface area contributed by atoms with Crippen LogP contribution in [0.1, 0.15) is 23.0 Å². The van der Waals surface area contributed by atoms with Crippen LogP contribution in [0, 0.1) is 12.8 Å². The standard InChI is InChI=1S/C18H20N4O3S/c1-10(18(24)25)9-21(3)17(23)12-8-13(14-6-5-7-26-14)19-16-15(12)11(2)20-22(16)4/h5-8,10H,9H2,1-4H3,(H,24,25). The predicted molar refractivity (Wildman–Crippen MR) is 100 cm³/mol. The van der Waals surface area contributed by atoms with Crippen molar-refractivity contribution in [2.75, 3.05) is 13.6 Å². The van der Waals surface area contributed by atoms with Gasteiger partial charge in [-0.2, -0.15) is 5.10 Å². The number of hydrogen-bond donors (Lipinski definition) is 1. The highest BCUT2D eigenvalue weighted by atomic mass is 32.1. The predicted octanol–water partition coefficient (Wildman–Crippen LogP) is 2.80. The van der Waals surface area contributed by atoms with Crippen molar-refractivity contribution in [2.24, 2.45) is 13.0 Å². The van der Waals surface area contributed by atoms with Crippen molar-refractivity contribution in [3.8, 4) is 10.6 Å². The van der Waals surface area contributed by atoms with Crippen LogP contribution in [0.2, 0.25) is 0 Å². The highest BCUT2D eigenvalue weighted by Crippen LogP contribution is 2.29. The zero-order valence-electron chi connectivity index (χ0n) is 15.1. The average Bonchev–Trinajstić information content (AvgIpc) is 3.22. The van der Waals surface area contributed by atoms with Crippen LogP contribution in [-0.2, 0) is 11.8 Å². The van der Waals surface area contributed by atoms with E-state index in [-0.39, 0.29) is 12.5 Å². The normalized spacial score (nSPS) is 12.3. The molecule has 26 heavy (non-hydrogen) atoms. The molecule has 1 atom stereocenters. The van der Waals surface area contributed by atoms with Crippen molar-refractivity contribution in [2.45, 2.75) is 13.8 Å². The molecule has 7 nitrogen and oxygen atoms in total. The summed E-state index contributed by atoms with van der Waals surface area (Å²) >= 11 is 1.55. The van der Waals surface area contributed by atoms with Crippen molar-refractivity contribution in [1.29, 1.82) is 0 Å². The number of carbonyl (C=O) groups excluding carboxylic acids is 1. The molecule has 3 heterocycles. The summed E-state index contributed by atoms with van der Waals surface area (Å²) in [6.45, 7) is 3.55. The molecule has 3 rings (SSSR count). The summed E-state index contributed by atoms with van der Waals surface area (Å²) < 4.78 is 1.67. The van der Waals surface area contributed by atoms with Crippen LogP contribution in [0.4, 0.5) is 0 Å². The monoisotopic (exact) mass is 372 g/mol. The Morgan fingerprint density at radius 3 is 2.77 bits per heavy atom. The molecule has 136 valence electrons. The van der Waals surface area contributed by atoms with Gasteiger partial charge in [-0.15, -0.1) is 11.3 Å². The van der Waals surface area contributed by atoms with E-state index >= 15 is 0 Å². The summed E-state index contributed by atoms with van der Waals surface area (Å²) in [6, 6.07) is 5.65. The van der Waals surface area contributed by atoms with Gasteiger partial charge in [-0.1, -0.05) is 13.0 Å². The first-order chi connectivity index (χ1) is 12.3. The molecule has 1 unspecified atom stereocenters. The van der Waals surface area contributed by atoms with Crippen LogP contribution in [-0.4, -0.2) is 50.2 Å². The number of carbonyl (C=O) groups is 2. The van der Waals surface area contributed by atoms with Crippen LogP contribution < -0.4 is 0 Å². The molecule has 0 saturated heterocycles. The van der Waals surface area contributed by atoms with Gasteiger partial charge in [0.15, 0.2) is 5.65 Å². The number of amides is 1. The molecule has 3 aromatic rings. The quantitative estimate of drug-likeness (QED) is 0.744. The summed E-state index contributed by atoms with van der Waals surface area (Å²) in [4.78, 5) is 31.3. The van der Waals surface area contributed by atoms with Gasteiger partial charge in [-0.25, -0.2) is 4.98 Å². The molecule has 0 aliphatic carbocycles. The maximum absolute atomic E-state index is 13.1. The molecule has 1 amide bonds. The van der Waals surface area contributed by atoms with Crippen LogP contribution in [0.5, 0.6) is 0 Å². The van der Waals surface area contributed by atoms with Gasteiger partial charge in [-0.3, -0.25) is 14.3 Å². The van der Waals surface area contributed by atoms with E-state index in [1.54, 1.807) is 43.1 Å². The zero-order chi connectivity index (χ0) is 19.0. The summed E-state index contributed by atoms with van der Waals surface area (Å²) in [6.07, 6.45) is 0. The van der Waals surface area contributed by atoms with Crippen molar-refractivity contribution in [1.82, 2.24) is 19.7 Å². The molecule has 0 aromatic carbocycles. The fourth-order valence-corrected chi connectivity index (χ4v) is 3.63. The second kappa shape index (κ2) is 6.87. The fourth-order valence-electron chi connectivity index (χ4n) is 2.94. The van der Waals surface area contributed by atoms with E-state index in [0.717, 1.165) is 10.6 Å². The van der Waals surface area contributed by atoms with Gasteiger partial charge < -0.3 is 10.0 Å². The Bertz CT molecular complexity index is 978. The molecule has 1 N–H and O–H groups in total. The van der Waals surface area contributed by atoms with E-state index < -0.39 is 11.9 Å². The van der Waals surface area contributed by atoms with E-state index in [1.165, 1.54) is 4.90 Å². The molecule has 0 aliphatic rings. The highest BCUT2D eigenvalue weighted by molar-refractivity contribution is 7.13. The van der Waals surface area contributed by atoms with Gasteiger partial charge in [0, 0.05) is 20.6 Å². The van der Waals surface area contributed by atoms with E-state index in [4.69, 9.17) is 5.11 Å². The smallest absolute Gasteiger partial charge is 0.308 e. The van der Waals surface area contributed by atoms with E-state index in [9.17, 15) is 9.59 Å². The molecule has 0 spiro atoms. The Balaban J connectivity index is 2.11. The number of aliphatic carboxylic acids is 1. The molecule has 0 bridgehead atoms. The minimum Gasteiger partial charge on any atom is -0.481 e. The summed E-state index contributed by atoms with van der Waals surface area (Å²) in [5.41, 5.74) is 2.55. The largest absolute Gasteiger partial charge is 0.481 e. The lowest BCUT2D eigenvalue weighted by Crippen LogP contribution is -2.33. The Morgan fingerprint density at radius 2 is 2.15 bits per heavy atom. The minimum atomic E-state index is -0.929. The van der Waals surface area contributed by atoms with E-state index in [2.05, 4.69) is 10.1 Å². The van der Waals surface area contributed by atoms with Crippen molar-refractivity contribution in [3.05, 3.63) is 34.8 Å². The lowest BCUT2D eigenvalue weighted by Gasteiger charge is -2.20. The molecular weight excluding hydrogens is 352 g/mol. The van der Waals surface area contributed by atoms with Gasteiger partial charge in [0.1, 0.15) is 0 Å². The van der Waals surface area contributed by atoms with Gasteiger partial charge in [0.2, 0.25) is 0 Å². The molecule has 3 aromatic heterocycles. The first-order valence-corrected chi connectivity index (χ1v) is 9.04. The fraction of sp³-hybridized carbons (Fsp3) is 0.333. The van der Waals surface area contributed by atoms with Gasteiger partial charge in [0.05, 0.1) is 33.1 Å². The van der Waals surface area contributed by atoms with Crippen LogP contribution in [0.15, 0.2) is 23.6 Å². The number of fused-ring (bicyclic) bond motifs is 1. The Kier molecular flexibility index (Phi) is 4.78. The number of pyridine rings is 1. The maximum Gasteiger partial charge on any atom is 0.308 e. The lowest BCUT2D eigenvalue weighted by atomic mass is 10.1. The highest BCUT2D eigenvalue weighted by Gasteiger charge is 2.24. The first kappa shape index (κ1) is 18.1. The number of thiophene rings is 1. The molecule has 0 radical (unpaired) electrons. The second-order valence-corrected chi connectivity index (χ2v) is 7.31. The molecular formula is C18H20N4O3S. The van der Waals surface area contributed by atoms with Crippen molar-refractivity contribution in [3.63, 3.8) is 0 Å². The van der Waals surface area contributed by atoms with Crippen molar-refractivity contribution < 1.29 is 14.7 Å². The van der Waals surface area contributed by atoms with Crippen LogP contribution in [0.3, 0.4) is 0 Å². The molecule has 8 heteroatoms. The number of nitrogens with zero attached hydrogens (tertiary/aromatic N) is 4. The Hall–Kier alpha value is -2.74. The van der Waals surface area contributed by atoms with Gasteiger partial charge in [-0.05, 0) is 24.4 Å². The maximum atomic E-state index is 13.1. The number of hydrogen-bond acceptors (Lipinski definition) is 5. The third kappa shape index (κ3) is 3.20. The topological polar surface area (TPSA) is 88.3 Å². The number of aryl methyl sites for hydroxylation is 2. The number of aromatic nitrogens is 3. The minimum absolute atomic E-state index is 0.131. The Labute approximate surface area is 154 Å². The van der Waals surface area contributed by atoms with Gasteiger partial charge in [0.25, 0.3) is 5.91 Å². The molecule has 0 saturated carbocycles. The van der Waals surface area contributed by atoms with E-state index in [0.29, 0.717) is 22.3 Å². The molecule has 0 fully saturated rings. The summed E-state index contributed by atoms with van der Waals surface area (Å²) in [5, 5.41) is 16.2. The van der Waals surface area contributed by atoms with Crippen LogP contribution >= 0.6 is 11.3 Å². The van der Waals surface area contributed by atoms with E-state index in [1.807, 2.05) is 24.4 Å². The number of carboxylic acids is 1. The summed E-state index contributed by atoms with van der Waals surface area (Å²) in [5.74, 6) is -1.81. The lowest BCUT2D eigenvalue weighted by molar-refractivity contribution is -0.141. The van der Waals surface area contributed by atoms with Crippen LogP contribution in [0.25, 0.3) is 21.6 Å². The summed E-state index contributed by atoms with van der Waals surface area (Å²) in [7, 11) is 3.41. The first-order valence-electron chi connectivity index (χ1n) is 8.16. The number of carboxylic acid groups (broad SMARTS) is 1. The molecule has 0 aliphatic heterocycles. The number of rotatable bonds is 5. The Morgan fingerprint density at radius 1 is 1.42 bits per heavy atom. The SMILES string of the molecule is Cc1nn(C)c2nc(-c3cccs3)cc(C(=O)N(C)CC(C)C(=O)O)c12. The zero-order valence-corrected chi connectivity index (χ0v) is 15.9. The van der Waals surface area contributed by atoms with Gasteiger partial charge >= 0.3 is 5.97 Å². The second-order valence-electron chi connectivity index (χ2n) is 6.36.